The first kappa shape index (κ1) is 13.6. The van der Waals surface area contributed by atoms with Crippen LogP contribution < -0.4 is 4.74 Å². The second-order valence-corrected chi connectivity index (χ2v) is 4.14. The van der Waals surface area contributed by atoms with Gasteiger partial charge in [-0.05, 0) is 43.0 Å². The fourth-order valence-corrected chi connectivity index (χ4v) is 1.67. The van der Waals surface area contributed by atoms with E-state index in [1.165, 1.54) is 11.1 Å². The maximum Gasteiger partial charge on any atom is 0.119 e. The summed E-state index contributed by atoms with van der Waals surface area (Å²) in [6.45, 7) is 7.13. The molecule has 0 fully saturated rings. The Morgan fingerprint density at radius 2 is 2.00 bits per heavy atom. The van der Waals surface area contributed by atoms with E-state index < -0.39 is 0 Å². The average Bonchev–Trinajstić information content (AvgIpc) is 2.34. The van der Waals surface area contributed by atoms with Crippen LogP contribution in [0.15, 0.2) is 18.2 Å². The van der Waals surface area contributed by atoms with Gasteiger partial charge >= 0.3 is 0 Å². The van der Waals surface area contributed by atoms with Gasteiger partial charge in [-0.3, -0.25) is 0 Å². The Balaban J connectivity index is 2.56. The molecule has 1 rings (SSSR count). The molecule has 0 N–H and O–H groups in total. The highest BCUT2D eigenvalue weighted by molar-refractivity contribution is 5.35. The number of hydrogen-bond acceptors (Lipinski definition) is 1. The first-order chi connectivity index (χ1) is 8.27. The number of aryl methyl sites for hydroxylation is 2. The molecule has 0 unspecified atom stereocenters. The monoisotopic (exact) mass is 230 g/mol. The molecule has 0 saturated heterocycles. The summed E-state index contributed by atoms with van der Waals surface area (Å²) < 4.78 is 5.61. The summed E-state index contributed by atoms with van der Waals surface area (Å²) >= 11 is 0. The minimum absolute atomic E-state index is 0.792. The molecule has 92 valence electrons. The third kappa shape index (κ3) is 4.95. The van der Waals surface area contributed by atoms with Crippen LogP contribution in [0.2, 0.25) is 0 Å². The third-order valence-electron chi connectivity index (χ3n) is 2.61. The molecule has 1 aromatic carbocycles. The zero-order valence-electron chi connectivity index (χ0n) is 11.2. The third-order valence-corrected chi connectivity index (χ3v) is 2.61. The standard InChI is InChI=1S/C16H22O/c1-4-6-7-8-9-15-10-11-16(13-14(15)3)17-12-5-2/h10-11,13H,4-5,8-9,12H2,1-3H3. The highest BCUT2D eigenvalue weighted by atomic mass is 16.5. The van der Waals surface area contributed by atoms with Crippen molar-refractivity contribution in [3.8, 4) is 17.6 Å². The molecule has 0 heterocycles. The fraction of sp³-hybridized carbons (Fsp3) is 0.500. The van der Waals surface area contributed by atoms with Gasteiger partial charge < -0.3 is 4.74 Å². The molecule has 1 heteroatoms. The van der Waals surface area contributed by atoms with E-state index >= 15 is 0 Å². The molecule has 0 amide bonds. The predicted octanol–water partition coefficient (Wildman–Crippen LogP) is 4.13. The van der Waals surface area contributed by atoms with Crippen molar-refractivity contribution < 1.29 is 4.74 Å². The molecule has 0 bridgehead atoms. The predicted molar refractivity (Wildman–Crippen MR) is 73.4 cm³/mol. The van der Waals surface area contributed by atoms with Crippen LogP contribution in [0.5, 0.6) is 5.75 Å². The van der Waals surface area contributed by atoms with Gasteiger partial charge in [0.15, 0.2) is 0 Å². The summed E-state index contributed by atoms with van der Waals surface area (Å²) in [4.78, 5) is 0. The summed E-state index contributed by atoms with van der Waals surface area (Å²) in [7, 11) is 0. The van der Waals surface area contributed by atoms with Crippen molar-refractivity contribution in [2.45, 2.75) is 46.5 Å². The van der Waals surface area contributed by atoms with Crippen molar-refractivity contribution in [1.82, 2.24) is 0 Å². The number of hydrogen-bond donors (Lipinski definition) is 0. The zero-order valence-corrected chi connectivity index (χ0v) is 11.2. The minimum atomic E-state index is 0.792. The molecule has 0 aliphatic rings. The van der Waals surface area contributed by atoms with Crippen LogP contribution in [0.25, 0.3) is 0 Å². The van der Waals surface area contributed by atoms with E-state index in [0.717, 1.165) is 38.0 Å². The molecule has 0 aliphatic carbocycles. The van der Waals surface area contributed by atoms with E-state index in [9.17, 15) is 0 Å². The lowest BCUT2D eigenvalue weighted by molar-refractivity contribution is 0.317. The van der Waals surface area contributed by atoms with E-state index in [-0.39, 0.29) is 0 Å². The van der Waals surface area contributed by atoms with Crippen LogP contribution in [-0.4, -0.2) is 6.61 Å². The molecule has 1 aromatic rings. The molecule has 1 nitrogen and oxygen atoms in total. The molecule has 17 heavy (non-hydrogen) atoms. The van der Waals surface area contributed by atoms with E-state index in [4.69, 9.17) is 4.74 Å². The van der Waals surface area contributed by atoms with Crippen LogP contribution in [0.3, 0.4) is 0 Å². The van der Waals surface area contributed by atoms with Crippen molar-refractivity contribution in [3.63, 3.8) is 0 Å². The normalized spacial score (nSPS) is 9.59. The van der Waals surface area contributed by atoms with Crippen LogP contribution >= 0.6 is 0 Å². The van der Waals surface area contributed by atoms with Crippen molar-refractivity contribution in [1.29, 1.82) is 0 Å². The van der Waals surface area contributed by atoms with Crippen molar-refractivity contribution in [2.75, 3.05) is 6.61 Å². The van der Waals surface area contributed by atoms with Gasteiger partial charge in [0.25, 0.3) is 0 Å². The Bertz CT molecular complexity index is 396. The van der Waals surface area contributed by atoms with Crippen molar-refractivity contribution in [2.24, 2.45) is 0 Å². The van der Waals surface area contributed by atoms with E-state index in [2.05, 4.69) is 50.8 Å². The Morgan fingerprint density at radius 1 is 1.18 bits per heavy atom. The smallest absolute Gasteiger partial charge is 0.119 e. The Labute approximate surface area is 105 Å². The van der Waals surface area contributed by atoms with E-state index in [1.54, 1.807) is 0 Å². The first-order valence-electron chi connectivity index (χ1n) is 6.46. The number of benzene rings is 1. The first-order valence-corrected chi connectivity index (χ1v) is 6.46. The van der Waals surface area contributed by atoms with Gasteiger partial charge in [-0.15, -0.1) is 11.8 Å². The molecule has 0 aliphatic heterocycles. The Kier molecular flexibility index (Phi) is 6.25. The maximum absolute atomic E-state index is 5.61. The van der Waals surface area contributed by atoms with Crippen LogP contribution in [0.1, 0.15) is 44.2 Å². The fourth-order valence-electron chi connectivity index (χ4n) is 1.67. The van der Waals surface area contributed by atoms with Gasteiger partial charge in [0.05, 0.1) is 6.61 Å². The van der Waals surface area contributed by atoms with Gasteiger partial charge in [0.1, 0.15) is 5.75 Å². The number of rotatable bonds is 5. The van der Waals surface area contributed by atoms with E-state index in [1.807, 2.05) is 0 Å². The average molecular weight is 230 g/mol. The van der Waals surface area contributed by atoms with Gasteiger partial charge in [-0.1, -0.05) is 19.9 Å². The Morgan fingerprint density at radius 3 is 2.65 bits per heavy atom. The van der Waals surface area contributed by atoms with Gasteiger partial charge in [-0.2, -0.15) is 0 Å². The zero-order chi connectivity index (χ0) is 12.5. The second kappa shape index (κ2) is 7.79. The highest BCUT2D eigenvalue weighted by Crippen LogP contribution is 2.18. The van der Waals surface area contributed by atoms with E-state index in [0.29, 0.717) is 0 Å². The van der Waals surface area contributed by atoms with Crippen molar-refractivity contribution in [3.05, 3.63) is 29.3 Å². The van der Waals surface area contributed by atoms with Gasteiger partial charge in [0.2, 0.25) is 0 Å². The summed E-state index contributed by atoms with van der Waals surface area (Å²) in [5, 5.41) is 0. The molecule has 0 spiro atoms. The maximum atomic E-state index is 5.61. The minimum Gasteiger partial charge on any atom is -0.494 e. The van der Waals surface area contributed by atoms with Crippen LogP contribution in [-0.2, 0) is 6.42 Å². The molecule has 0 atom stereocenters. The van der Waals surface area contributed by atoms with Crippen molar-refractivity contribution >= 4 is 0 Å². The van der Waals surface area contributed by atoms with Gasteiger partial charge in [-0.25, -0.2) is 0 Å². The lowest BCUT2D eigenvalue weighted by atomic mass is 10.0. The molecule has 0 radical (unpaired) electrons. The highest BCUT2D eigenvalue weighted by Gasteiger charge is 2.00. The lowest BCUT2D eigenvalue weighted by Crippen LogP contribution is -1.96. The topological polar surface area (TPSA) is 9.23 Å². The Hall–Kier alpha value is -1.42. The summed E-state index contributed by atoms with van der Waals surface area (Å²) in [6, 6.07) is 6.34. The largest absolute Gasteiger partial charge is 0.494 e. The molecule has 0 aromatic heterocycles. The SMILES string of the molecule is CCC#CCCc1ccc(OCCC)cc1C. The second-order valence-electron chi connectivity index (χ2n) is 4.14. The summed E-state index contributed by atoms with van der Waals surface area (Å²) in [6.07, 6.45) is 3.98. The van der Waals surface area contributed by atoms with Crippen LogP contribution in [0.4, 0.5) is 0 Å². The molecule has 0 saturated carbocycles. The number of ether oxygens (including phenoxy) is 1. The van der Waals surface area contributed by atoms with Crippen LogP contribution in [0, 0.1) is 18.8 Å². The summed E-state index contributed by atoms with van der Waals surface area (Å²) in [5.41, 5.74) is 2.68. The molecular weight excluding hydrogens is 208 g/mol. The lowest BCUT2D eigenvalue weighted by Gasteiger charge is -2.08. The van der Waals surface area contributed by atoms with Gasteiger partial charge in [0, 0.05) is 12.8 Å². The molecular formula is C16H22O. The summed E-state index contributed by atoms with van der Waals surface area (Å²) in [5.74, 6) is 7.26. The quantitative estimate of drug-likeness (QED) is 0.691.